The van der Waals surface area contributed by atoms with Crippen LogP contribution in [0.1, 0.15) is 41.3 Å². The Bertz CT molecular complexity index is 469. The predicted molar refractivity (Wildman–Crippen MR) is 72.4 cm³/mol. The summed E-state index contributed by atoms with van der Waals surface area (Å²) >= 11 is 0. The van der Waals surface area contributed by atoms with Crippen molar-refractivity contribution in [2.75, 3.05) is 13.2 Å². The van der Waals surface area contributed by atoms with Crippen LogP contribution in [-0.2, 0) is 0 Å². The Labute approximate surface area is 108 Å². The Morgan fingerprint density at radius 1 is 1.44 bits per heavy atom. The van der Waals surface area contributed by atoms with E-state index in [4.69, 9.17) is 5.11 Å². The molecule has 1 aromatic rings. The van der Waals surface area contributed by atoms with Crippen LogP contribution >= 0.6 is 0 Å². The van der Waals surface area contributed by atoms with E-state index in [1.165, 1.54) is 0 Å². The van der Waals surface area contributed by atoms with Gasteiger partial charge in [-0.05, 0) is 31.0 Å². The maximum atomic E-state index is 11.8. The molecule has 0 heterocycles. The van der Waals surface area contributed by atoms with Gasteiger partial charge in [0, 0.05) is 24.1 Å². The predicted octanol–water partition coefficient (Wildman–Crippen LogP) is 1.87. The second kappa shape index (κ2) is 7.52. The fourth-order valence-electron chi connectivity index (χ4n) is 1.45. The number of amides is 1. The van der Waals surface area contributed by atoms with Crippen LogP contribution < -0.4 is 5.32 Å². The van der Waals surface area contributed by atoms with E-state index in [2.05, 4.69) is 17.2 Å². The maximum absolute atomic E-state index is 11.8. The monoisotopic (exact) mass is 245 g/mol. The molecule has 0 aliphatic carbocycles. The van der Waals surface area contributed by atoms with Gasteiger partial charge in [0.15, 0.2) is 0 Å². The van der Waals surface area contributed by atoms with Gasteiger partial charge in [-0.25, -0.2) is 0 Å². The first-order valence-corrected chi connectivity index (χ1v) is 6.17. The molecule has 2 N–H and O–H groups in total. The molecule has 0 atom stereocenters. The van der Waals surface area contributed by atoms with Gasteiger partial charge in [0.1, 0.15) is 0 Å². The van der Waals surface area contributed by atoms with Gasteiger partial charge in [-0.3, -0.25) is 4.79 Å². The molecule has 0 spiro atoms. The number of hydrogen-bond acceptors (Lipinski definition) is 2. The van der Waals surface area contributed by atoms with Crippen molar-refractivity contribution < 1.29 is 9.90 Å². The summed E-state index contributed by atoms with van der Waals surface area (Å²) in [6, 6.07) is 5.49. The summed E-state index contributed by atoms with van der Waals surface area (Å²) in [4.78, 5) is 11.8. The SMILES string of the molecule is CCCNC(=O)c1ccc(C)c(C#CCCO)c1. The van der Waals surface area contributed by atoms with E-state index in [9.17, 15) is 4.79 Å². The summed E-state index contributed by atoms with van der Waals surface area (Å²) in [7, 11) is 0. The third-order valence-electron chi connectivity index (χ3n) is 2.50. The van der Waals surface area contributed by atoms with Gasteiger partial charge in [0.25, 0.3) is 5.91 Å². The van der Waals surface area contributed by atoms with Crippen LogP contribution in [0, 0.1) is 18.8 Å². The van der Waals surface area contributed by atoms with E-state index in [-0.39, 0.29) is 12.5 Å². The molecule has 0 radical (unpaired) electrons. The zero-order valence-corrected chi connectivity index (χ0v) is 10.9. The van der Waals surface area contributed by atoms with Crippen LogP contribution in [-0.4, -0.2) is 24.2 Å². The Morgan fingerprint density at radius 3 is 2.89 bits per heavy atom. The summed E-state index contributed by atoms with van der Waals surface area (Å²) in [5.41, 5.74) is 2.50. The van der Waals surface area contributed by atoms with Gasteiger partial charge >= 0.3 is 0 Å². The van der Waals surface area contributed by atoms with Crippen LogP contribution in [0.4, 0.5) is 0 Å². The minimum Gasteiger partial charge on any atom is -0.395 e. The molecule has 0 saturated carbocycles. The number of aliphatic hydroxyl groups excluding tert-OH is 1. The number of aliphatic hydroxyl groups is 1. The number of benzene rings is 1. The average Bonchev–Trinajstić information content (AvgIpc) is 2.38. The van der Waals surface area contributed by atoms with Crippen LogP contribution in [0.25, 0.3) is 0 Å². The number of nitrogens with one attached hydrogen (secondary N) is 1. The number of rotatable bonds is 4. The standard InChI is InChI=1S/C15H19NO2/c1-3-9-16-15(18)14-8-7-12(2)13(11-14)6-4-5-10-17/h7-8,11,17H,3,5,9-10H2,1-2H3,(H,16,18). The van der Waals surface area contributed by atoms with Gasteiger partial charge in [-0.2, -0.15) is 0 Å². The molecule has 1 rings (SSSR count). The molecule has 96 valence electrons. The summed E-state index contributed by atoms with van der Waals surface area (Å²) in [6.07, 6.45) is 1.37. The molecule has 0 aromatic heterocycles. The third-order valence-corrected chi connectivity index (χ3v) is 2.50. The highest BCUT2D eigenvalue weighted by Crippen LogP contribution is 2.10. The summed E-state index contributed by atoms with van der Waals surface area (Å²) in [5, 5.41) is 11.5. The number of carbonyl (C=O) groups excluding carboxylic acids is 1. The van der Waals surface area contributed by atoms with Gasteiger partial charge in [0.05, 0.1) is 6.61 Å². The molecule has 0 saturated heterocycles. The van der Waals surface area contributed by atoms with Crippen molar-refractivity contribution in [3.8, 4) is 11.8 Å². The Hall–Kier alpha value is -1.79. The smallest absolute Gasteiger partial charge is 0.251 e. The minimum absolute atomic E-state index is 0.0583. The lowest BCUT2D eigenvalue weighted by Gasteiger charge is -2.05. The molecular formula is C15H19NO2. The molecule has 0 bridgehead atoms. The Balaban J connectivity index is 2.87. The topological polar surface area (TPSA) is 49.3 Å². The zero-order chi connectivity index (χ0) is 13.4. The fraction of sp³-hybridized carbons (Fsp3) is 0.400. The van der Waals surface area contributed by atoms with Crippen molar-refractivity contribution in [1.82, 2.24) is 5.32 Å². The first kappa shape index (κ1) is 14.3. The maximum Gasteiger partial charge on any atom is 0.251 e. The fourth-order valence-corrected chi connectivity index (χ4v) is 1.45. The van der Waals surface area contributed by atoms with Gasteiger partial charge < -0.3 is 10.4 Å². The lowest BCUT2D eigenvalue weighted by atomic mass is 10.0. The van der Waals surface area contributed by atoms with E-state index in [0.717, 1.165) is 17.5 Å². The van der Waals surface area contributed by atoms with Gasteiger partial charge in [-0.1, -0.05) is 24.8 Å². The molecule has 1 aromatic carbocycles. The van der Waals surface area contributed by atoms with Crippen LogP contribution in [0.5, 0.6) is 0 Å². The van der Waals surface area contributed by atoms with E-state index in [1.807, 2.05) is 19.9 Å². The summed E-state index contributed by atoms with van der Waals surface area (Å²) in [5.74, 6) is 5.78. The van der Waals surface area contributed by atoms with E-state index in [1.54, 1.807) is 12.1 Å². The molecule has 0 aliphatic heterocycles. The highest BCUT2D eigenvalue weighted by molar-refractivity contribution is 5.94. The molecular weight excluding hydrogens is 226 g/mol. The van der Waals surface area contributed by atoms with E-state index >= 15 is 0 Å². The third kappa shape index (κ3) is 4.23. The first-order valence-electron chi connectivity index (χ1n) is 6.17. The second-order valence-electron chi connectivity index (χ2n) is 4.06. The molecule has 3 nitrogen and oxygen atoms in total. The van der Waals surface area contributed by atoms with Crippen molar-refractivity contribution in [3.05, 3.63) is 34.9 Å². The van der Waals surface area contributed by atoms with Crippen LogP contribution in [0.3, 0.4) is 0 Å². The minimum atomic E-state index is -0.0675. The highest BCUT2D eigenvalue weighted by Gasteiger charge is 2.06. The molecule has 0 aliphatic rings. The molecule has 0 unspecified atom stereocenters. The van der Waals surface area contributed by atoms with Crippen LogP contribution in [0.2, 0.25) is 0 Å². The van der Waals surface area contributed by atoms with E-state index < -0.39 is 0 Å². The van der Waals surface area contributed by atoms with Crippen molar-refractivity contribution in [3.63, 3.8) is 0 Å². The Morgan fingerprint density at radius 2 is 2.22 bits per heavy atom. The van der Waals surface area contributed by atoms with Crippen LogP contribution in [0.15, 0.2) is 18.2 Å². The Kier molecular flexibility index (Phi) is 5.96. The van der Waals surface area contributed by atoms with Crippen molar-refractivity contribution in [1.29, 1.82) is 0 Å². The number of aryl methyl sites for hydroxylation is 1. The summed E-state index contributed by atoms with van der Waals surface area (Å²) < 4.78 is 0. The molecule has 1 amide bonds. The quantitative estimate of drug-likeness (QED) is 0.796. The lowest BCUT2D eigenvalue weighted by molar-refractivity contribution is 0.0953. The largest absolute Gasteiger partial charge is 0.395 e. The van der Waals surface area contributed by atoms with E-state index in [0.29, 0.717) is 18.5 Å². The molecule has 3 heteroatoms. The normalized spacial score (nSPS) is 9.50. The van der Waals surface area contributed by atoms with Gasteiger partial charge in [-0.15, -0.1) is 0 Å². The highest BCUT2D eigenvalue weighted by atomic mass is 16.2. The second-order valence-corrected chi connectivity index (χ2v) is 4.06. The average molecular weight is 245 g/mol. The zero-order valence-electron chi connectivity index (χ0n) is 10.9. The molecule has 0 fully saturated rings. The lowest BCUT2D eigenvalue weighted by Crippen LogP contribution is -2.24. The number of hydrogen-bond donors (Lipinski definition) is 2. The van der Waals surface area contributed by atoms with Crippen molar-refractivity contribution >= 4 is 5.91 Å². The van der Waals surface area contributed by atoms with Crippen molar-refractivity contribution in [2.24, 2.45) is 0 Å². The van der Waals surface area contributed by atoms with Gasteiger partial charge in [0.2, 0.25) is 0 Å². The number of carbonyl (C=O) groups is 1. The first-order chi connectivity index (χ1) is 8.69. The molecule has 18 heavy (non-hydrogen) atoms. The summed E-state index contributed by atoms with van der Waals surface area (Å²) in [6.45, 7) is 4.71. The van der Waals surface area contributed by atoms with Crippen molar-refractivity contribution in [2.45, 2.75) is 26.7 Å².